The van der Waals surface area contributed by atoms with Crippen molar-refractivity contribution < 1.29 is 14.7 Å². The van der Waals surface area contributed by atoms with Gasteiger partial charge in [-0.15, -0.1) is 0 Å². The Labute approximate surface area is 162 Å². The third kappa shape index (κ3) is 3.38. The third-order valence-electron chi connectivity index (χ3n) is 5.19. The Balaban J connectivity index is 1.45. The number of amides is 2. The molecule has 0 bridgehead atoms. The van der Waals surface area contributed by atoms with Crippen LogP contribution in [0.5, 0.6) is 5.75 Å². The van der Waals surface area contributed by atoms with Crippen molar-refractivity contribution >= 4 is 34.8 Å². The van der Waals surface area contributed by atoms with E-state index in [9.17, 15) is 14.7 Å². The Morgan fingerprint density at radius 1 is 0.926 bits per heavy atom. The second kappa shape index (κ2) is 7.21. The van der Waals surface area contributed by atoms with E-state index < -0.39 is 6.04 Å². The van der Waals surface area contributed by atoms with Gasteiger partial charge in [0.15, 0.2) is 0 Å². The van der Waals surface area contributed by atoms with Crippen molar-refractivity contribution in [3.8, 4) is 5.75 Å². The largest absolute Gasteiger partial charge is 0.508 e. The number of phenols is 1. The number of piperazine rings is 1. The zero-order chi connectivity index (χ0) is 19.0. The molecule has 2 aliphatic heterocycles. The molecule has 1 N–H and O–H groups in total. The van der Waals surface area contributed by atoms with Crippen LogP contribution in [0.4, 0.5) is 11.4 Å². The average molecular weight is 386 g/mol. The molecule has 2 aromatic rings. The van der Waals surface area contributed by atoms with E-state index in [1.54, 1.807) is 36.4 Å². The zero-order valence-corrected chi connectivity index (χ0v) is 15.5. The van der Waals surface area contributed by atoms with Gasteiger partial charge in [0.05, 0.1) is 23.2 Å². The maximum absolute atomic E-state index is 12.9. The smallest absolute Gasteiger partial charge is 0.251 e. The van der Waals surface area contributed by atoms with E-state index >= 15 is 0 Å². The number of imide groups is 1. The van der Waals surface area contributed by atoms with Crippen LogP contribution in [0.2, 0.25) is 5.02 Å². The second-order valence-corrected chi connectivity index (χ2v) is 7.19. The summed E-state index contributed by atoms with van der Waals surface area (Å²) in [6.45, 7) is 2.91. The molecule has 2 aromatic carbocycles. The Hall–Kier alpha value is -2.57. The topological polar surface area (TPSA) is 64.1 Å². The lowest BCUT2D eigenvalue weighted by molar-refractivity contribution is -0.123. The molecule has 6 nitrogen and oxygen atoms in total. The molecule has 2 heterocycles. The number of aromatic hydroxyl groups is 1. The minimum Gasteiger partial charge on any atom is -0.508 e. The number of carbonyl (C=O) groups excluding carboxylic acids is 2. The molecular formula is C20H20ClN3O3. The zero-order valence-electron chi connectivity index (χ0n) is 14.7. The lowest BCUT2D eigenvalue weighted by Crippen LogP contribution is -2.52. The summed E-state index contributed by atoms with van der Waals surface area (Å²) in [5.74, 6) is -0.169. The van der Waals surface area contributed by atoms with Gasteiger partial charge in [-0.2, -0.15) is 0 Å². The normalized spacial score (nSPS) is 21.1. The third-order valence-corrected chi connectivity index (χ3v) is 5.51. The molecule has 2 saturated heterocycles. The van der Waals surface area contributed by atoms with Gasteiger partial charge in [0.25, 0.3) is 5.91 Å². The quantitative estimate of drug-likeness (QED) is 0.822. The van der Waals surface area contributed by atoms with Crippen molar-refractivity contribution in [2.45, 2.75) is 12.5 Å². The summed E-state index contributed by atoms with van der Waals surface area (Å²) in [6, 6.07) is 13.6. The second-order valence-electron chi connectivity index (χ2n) is 6.78. The monoisotopic (exact) mass is 385 g/mol. The molecule has 0 unspecified atom stereocenters. The molecule has 4 rings (SSSR count). The molecule has 27 heavy (non-hydrogen) atoms. The summed E-state index contributed by atoms with van der Waals surface area (Å²) >= 11 is 6.18. The molecule has 0 saturated carbocycles. The van der Waals surface area contributed by atoms with Gasteiger partial charge >= 0.3 is 0 Å². The number of hydrogen-bond donors (Lipinski definition) is 1. The van der Waals surface area contributed by atoms with E-state index in [0.717, 1.165) is 18.8 Å². The number of hydrogen-bond acceptors (Lipinski definition) is 5. The van der Waals surface area contributed by atoms with Crippen LogP contribution >= 0.6 is 11.6 Å². The van der Waals surface area contributed by atoms with Gasteiger partial charge in [-0.3, -0.25) is 14.5 Å². The van der Waals surface area contributed by atoms with Gasteiger partial charge < -0.3 is 10.0 Å². The van der Waals surface area contributed by atoms with Crippen LogP contribution in [0.25, 0.3) is 0 Å². The molecule has 2 amide bonds. The van der Waals surface area contributed by atoms with Crippen molar-refractivity contribution in [3.63, 3.8) is 0 Å². The highest BCUT2D eigenvalue weighted by molar-refractivity contribution is 6.36. The summed E-state index contributed by atoms with van der Waals surface area (Å²) in [7, 11) is 0. The van der Waals surface area contributed by atoms with Gasteiger partial charge in [-0.1, -0.05) is 23.7 Å². The number of anilines is 2. The number of nitrogens with zero attached hydrogens (tertiary/aromatic N) is 3. The highest BCUT2D eigenvalue weighted by Crippen LogP contribution is 2.32. The molecule has 2 fully saturated rings. The molecular weight excluding hydrogens is 366 g/mol. The number of rotatable bonds is 3. The van der Waals surface area contributed by atoms with Crippen molar-refractivity contribution in [2.75, 3.05) is 36.0 Å². The SMILES string of the molecule is O=C1C[C@@H](N2CCN(c3ccc(O)cc3)CC2)C(=O)N1c1ccccc1Cl. The summed E-state index contributed by atoms with van der Waals surface area (Å²) in [5, 5.41) is 9.82. The van der Waals surface area contributed by atoms with Gasteiger partial charge in [0, 0.05) is 31.9 Å². The highest BCUT2D eigenvalue weighted by Gasteiger charge is 2.43. The standard InChI is InChI=1S/C20H20ClN3O3/c21-16-3-1-2-4-17(16)24-19(26)13-18(20(24)27)23-11-9-22(10-12-23)14-5-7-15(25)8-6-14/h1-8,18,25H,9-13H2/t18-/m1/s1. The molecule has 0 aromatic heterocycles. The molecule has 2 aliphatic rings. The number of carbonyl (C=O) groups is 2. The van der Waals surface area contributed by atoms with Crippen LogP contribution in [0, 0.1) is 0 Å². The maximum atomic E-state index is 12.9. The lowest BCUT2D eigenvalue weighted by atomic mass is 10.1. The number of para-hydroxylation sites is 1. The Kier molecular flexibility index (Phi) is 4.76. The van der Waals surface area contributed by atoms with E-state index in [0.29, 0.717) is 23.8 Å². The average Bonchev–Trinajstić information content (AvgIpc) is 2.97. The van der Waals surface area contributed by atoms with E-state index in [2.05, 4.69) is 9.80 Å². The fourth-order valence-electron chi connectivity index (χ4n) is 3.74. The summed E-state index contributed by atoms with van der Waals surface area (Å²) in [4.78, 5) is 30.9. The van der Waals surface area contributed by atoms with Gasteiger partial charge in [-0.25, -0.2) is 4.90 Å². The van der Waals surface area contributed by atoms with E-state index in [1.165, 1.54) is 4.90 Å². The summed E-state index contributed by atoms with van der Waals surface area (Å²) in [5.41, 5.74) is 1.50. The number of benzene rings is 2. The van der Waals surface area contributed by atoms with Crippen LogP contribution in [0.1, 0.15) is 6.42 Å². The Morgan fingerprint density at radius 2 is 1.59 bits per heavy atom. The van der Waals surface area contributed by atoms with Crippen LogP contribution in [-0.2, 0) is 9.59 Å². The van der Waals surface area contributed by atoms with E-state index in [-0.39, 0.29) is 24.0 Å². The lowest BCUT2D eigenvalue weighted by Gasteiger charge is -2.38. The van der Waals surface area contributed by atoms with Crippen molar-refractivity contribution in [1.29, 1.82) is 0 Å². The number of halogens is 1. The first-order valence-corrected chi connectivity index (χ1v) is 9.32. The molecule has 7 heteroatoms. The van der Waals surface area contributed by atoms with Crippen LogP contribution < -0.4 is 9.80 Å². The van der Waals surface area contributed by atoms with Crippen LogP contribution in [-0.4, -0.2) is 54.0 Å². The Bertz CT molecular complexity index is 863. The first kappa shape index (κ1) is 17.8. The van der Waals surface area contributed by atoms with Gasteiger partial charge in [-0.05, 0) is 36.4 Å². The Morgan fingerprint density at radius 3 is 2.26 bits per heavy atom. The van der Waals surface area contributed by atoms with Crippen LogP contribution in [0.15, 0.2) is 48.5 Å². The van der Waals surface area contributed by atoms with Crippen LogP contribution in [0.3, 0.4) is 0 Å². The minimum atomic E-state index is -0.434. The number of phenolic OH excluding ortho intramolecular Hbond substituents is 1. The molecule has 140 valence electrons. The van der Waals surface area contributed by atoms with Gasteiger partial charge in [0.2, 0.25) is 5.91 Å². The first-order chi connectivity index (χ1) is 13.0. The van der Waals surface area contributed by atoms with Crippen molar-refractivity contribution in [2.24, 2.45) is 0 Å². The van der Waals surface area contributed by atoms with Crippen molar-refractivity contribution in [1.82, 2.24) is 4.90 Å². The van der Waals surface area contributed by atoms with Gasteiger partial charge in [0.1, 0.15) is 5.75 Å². The van der Waals surface area contributed by atoms with E-state index in [1.807, 2.05) is 12.1 Å². The predicted molar refractivity (Wildman–Crippen MR) is 104 cm³/mol. The molecule has 0 aliphatic carbocycles. The minimum absolute atomic E-state index is 0.184. The predicted octanol–water partition coefficient (Wildman–Crippen LogP) is 2.50. The molecule has 0 spiro atoms. The fourth-order valence-corrected chi connectivity index (χ4v) is 3.96. The first-order valence-electron chi connectivity index (χ1n) is 8.94. The summed E-state index contributed by atoms with van der Waals surface area (Å²) < 4.78 is 0. The van der Waals surface area contributed by atoms with E-state index in [4.69, 9.17) is 11.6 Å². The maximum Gasteiger partial charge on any atom is 0.251 e. The summed E-state index contributed by atoms with van der Waals surface area (Å²) in [6.07, 6.45) is 0.184. The van der Waals surface area contributed by atoms with Crippen molar-refractivity contribution in [3.05, 3.63) is 53.6 Å². The highest BCUT2D eigenvalue weighted by atomic mass is 35.5. The molecule has 1 atom stereocenters. The molecule has 0 radical (unpaired) electrons. The fraction of sp³-hybridized carbons (Fsp3) is 0.300.